The molecule has 1 saturated heterocycles. The van der Waals surface area contributed by atoms with Gasteiger partial charge in [-0.3, -0.25) is 10.1 Å². The molecule has 3 nitrogen and oxygen atoms in total. The van der Waals surface area contributed by atoms with Gasteiger partial charge in [0.15, 0.2) is 0 Å². The lowest BCUT2D eigenvalue weighted by Crippen LogP contribution is -2.47. The summed E-state index contributed by atoms with van der Waals surface area (Å²) in [6, 6.07) is 0.484. The highest BCUT2D eigenvalue weighted by atomic mass is 16.2. The van der Waals surface area contributed by atoms with E-state index >= 15 is 0 Å². The Bertz CT molecular complexity index is 316. The smallest absolute Gasteiger partial charge is 0.240 e. The molecule has 110 valence electrons. The Kier molecular flexibility index (Phi) is 4.88. The molecule has 1 heterocycles. The molecule has 3 heteroatoms. The van der Waals surface area contributed by atoms with Crippen molar-refractivity contribution >= 4 is 5.91 Å². The quantitative estimate of drug-likeness (QED) is 0.848. The molecule has 1 saturated carbocycles. The van der Waals surface area contributed by atoms with Crippen molar-refractivity contribution in [1.82, 2.24) is 10.2 Å². The van der Waals surface area contributed by atoms with E-state index in [0.717, 1.165) is 12.3 Å². The van der Waals surface area contributed by atoms with E-state index in [4.69, 9.17) is 0 Å². The Balaban J connectivity index is 2.07. The minimum atomic E-state index is 0.00533. The Morgan fingerprint density at radius 1 is 1.37 bits per heavy atom. The topological polar surface area (TPSA) is 32.3 Å². The van der Waals surface area contributed by atoms with E-state index in [-0.39, 0.29) is 12.2 Å². The van der Waals surface area contributed by atoms with Crippen molar-refractivity contribution in [3.63, 3.8) is 0 Å². The van der Waals surface area contributed by atoms with Crippen LogP contribution in [0.3, 0.4) is 0 Å². The number of nitrogens with one attached hydrogen (secondary N) is 1. The molecule has 4 atom stereocenters. The Morgan fingerprint density at radius 2 is 2.11 bits per heavy atom. The molecule has 4 unspecified atom stereocenters. The summed E-state index contributed by atoms with van der Waals surface area (Å²) in [5.74, 6) is 1.78. The lowest BCUT2D eigenvalue weighted by molar-refractivity contribution is -0.133. The standard InChI is InChI=1S/C16H30N2O/c1-5-13-7-6-8-14(10-13)18-15(9-11(2)3)17-12(4)16(18)19/h11-15,17H,5-10H2,1-4H3. The van der Waals surface area contributed by atoms with Gasteiger partial charge in [0.1, 0.15) is 0 Å². The molecule has 1 aliphatic carbocycles. The summed E-state index contributed by atoms with van der Waals surface area (Å²) in [5.41, 5.74) is 0. The summed E-state index contributed by atoms with van der Waals surface area (Å²) >= 11 is 0. The van der Waals surface area contributed by atoms with Crippen molar-refractivity contribution in [2.45, 2.75) is 84.5 Å². The van der Waals surface area contributed by atoms with Crippen LogP contribution in [0.2, 0.25) is 0 Å². The molecule has 0 aromatic heterocycles. The van der Waals surface area contributed by atoms with E-state index in [1.807, 2.05) is 6.92 Å². The van der Waals surface area contributed by atoms with Crippen LogP contribution >= 0.6 is 0 Å². The average Bonchev–Trinajstić information content (AvgIpc) is 2.64. The lowest BCUT2D eigenvalue weighted by Gasteiger charge is -2.38. The first kappa shape index (κ1) is 14.8. The van der Waals surface area contributed by atoms with Crippen LogP contribution in [0.5, 0.6) is 0 Å². The van der Waals surface area contributed by atoms with Crippen LogP contribution in [-0.4, -0.2) is 29.1 Å². The van der Waals surface area contributed by atoms with Gasteiger partial charge in [0.25, 0.3) is 0 Å². The Hall–Kier alpha value is -0.570. The number of hydrogen-bond acceptors (Lipinski definition) is 2. The first-order chi connectivity index (χ1) is 9.02. The van der Waals surface area contributed by atoms with Gasteiger partial charge in [-0.05, 0) is 38.0 Å². The van der Waals surface area contributed by atoms with E-state index in [1.54, 1.807) is 0 Å². The molecule has 19 heavy (non-hydrogen) atoms. The van der Waals surface area contributed by atoms with E-state index in [2.05, 4.69) is 31.0 Å². The zero-order chi connectivity index (χ0) is 14.0. The third kappa shape index (κ3) is 3.31. The summed E-state index contributed by atoms with van der Waals surface area (Å²) < 4.78 is 0. The molecule has 2 rings (SSSR count). The number of carbonyl (C=O) groups is 1. The van der Waals surface area contributed by atoms with Crippen LogP contribution in [0.25, 0.3) is 0 Å². The number of carbonyl (C=O) groups excluding carboxylic acids is 1. The largest absolute Gasteiger partial charge is 0.323 e. The molecular formula is C16H30N2O. The number of rotatable bonds is 4. The van der Waals surface area contributed by atoms with Gasteiger partial charge < -0.3 is 4.90 Å². The number of hydrogen-bond donors (Lipinski definition) is 1. The Morgan fingerprint density at radius 3 is 2.74 bits per heavy atom. The second kappa shape index (κ2) is 6.25. The maximum absolute atomic E-state index is 12.5. The first-order valence-corrected chi connectivity index (χ1v) is 8.11. The molecule has 0 bridgehead atoms. The molecule has 0 aromatic carbocycles. The van der Waals surface area contributed by atoms with Crippen molar-refractivity contribution in [2.24, 2.45) is 11.8 Å². The third-order valence-corrected chi connectivity index (χ3v) is 4.82. The van der Waals surface area contributed by atoms with Gasteiger partial charge in [-0.2, -0.15) is 0 Å². The van der Waals surface area contributed by atoms with Crippen LogP contribution in [-0.2, 0) is 4.79 Å². The number of amides is 1. The zero-order valence-electron chi connectivity index (χ0n) is 13.0. The van der Waals surface area contributed by atoms with Crippen molar-refractivity contribution in [2.75, 3.05) is 0 Å². The predicted molar refractivity (Wildman–Crippen MR) is 78.7 cm³/mol. The van der Waals surface area contributed by atoms with Crippen LogP contribution < -0.4 is 5.32 Å². The normalized spacial score (nSPS) is 36.3. The predicted octanol–water partition coefficient (Wildman–Crippen LogP) is 3.15. The Labute approximate surface area is 118 Å². The van der Waals surface area contributed by atoms with Gasteiger partial charge in [0.05, 0.1) is 12.2 Å². The molecule has 1 N–H and O–H groups in total. The van der Waals surface area contributed by atoms with Crippen LogP contribution in [0, 0.1) is 11.8 Å². The molecule has 1 amide bonds. The van der Waals surface area contributed by atoms with Crippen molar-refractivity contribution < 1.29 is 4.79 Å². The van der Waals surface area contributed by atoms with E-state index in [9.17, 15) is 4.79 Å². The van der Waals surface area contributed by atoms with Crippen molar-refractivity contribution in [3.05, 3.63) is 0 Å². The molecular weight excluding hydrogens is 236 g/mol. The summed E-state index contributed by atoms with van der Waals surface area (Å²) in [6.45, 7) is 8.77. The fraction of sp³-hybridized carbons (Fsp3) is 0.938. The maximum atomic E-state index is 12.5. The fourth-order valence-corrected chi connectivity index (χ4v) is 3.77. The van der Waals surface area contributed by atoms with Crippen LogP contribution in [0.1, 0.15) is 66.2 Å². The lowest BCUT2D eigenvalue weighted by atomic mass is 9.83. The third-order valence-electron chi connectivity index (χ3n) is 4.82. The van der Waals surface area contributed by atoms with Crippen molar-refractivity contribution in [3.8, 4) is 0 Å². The maximum Gasteiger partial charge on any atom is 0.240 e. The average molecular weight is 266 g/mol. The zero-order valence-corrected chi connectivity index (χ0v) is 13.0. The van der Waals surface area contributed by atoms with E-state index < -0.39 is 0 Å². The fourth-order valence-electron chi connectivity index (χ4n) is 3.77. The van der Waals surface area contributed by atoms with E-state index in [1.165, 1.54) is 32.1 Å². The van der Waals surface area contributed by atoms with Gasteiger partial charge in [-0.15, -0.1) is 0 Å². The summed E-state index contributed by atoms with van der Waals surface area (Å²) in [6.07, 6.45) is 7.65. The second-order valence-electron chi connectivity index (χ2n) is 6.87. The van der Waals surface area contributed by atoms with Gasteiger partial charge >= 0.3 is 0 Å². The minimum Gasteiger partial charge on any atom is -0.323 e. The van der Waals surface area contributed by atoms with Crippen LogP contribution in [0.4, 0.5) is 0 Å². The van der Waals surface area contributed by atoms with Gasteiger partial charge in [0.2, 0.25) is 5.91 Å². The highest BCUT2D eigenvalue weighted by Gasteiger charge is 2.41. The second-order valence-corrected chi connectivity index (χ2v) is 6.87. The minimum absolute atomic E-state index is 0.00533. The SMILES string of the molecule is CCC1CCCC(N2C(=O)C(C)NC2CC(C)C)C1. The van der Waals surface area contributed by atoms with Gasteiger partial charge in [-0.25, -0.2) is 0 Å². The molecule has 2 fully saturated rings. The van der Waals surface area contributed by atoms with E-state index in [0.29, 0.717) is 17.9 Å². The van der Waals surface area contributed by atoms with Crippen LogP contribution in [0.15, 0.2) is 0 Å². The monoisotopic (exact) mass is 266 g/mol. The molecule has 0 radical (unpaired) electrons. The first-order valence-electron chi connectivity index (χ1n) is 8.11. The van der Waals surface area contributed by atoms with Crippen molar-refractivity contribution in [1.29, 1.82) is 0 Å². The summed E-state index contributed by atoms with van der Waals surface area (Å²) in [7, 11) is 0. The molecule has 1 aliphatic heterocycles. The highest BCUT2D eigenvalue weighted by molar-refractivity contribution is 5.84. The molecule has 0 spiro atoms. The van der Waals surface area contributed by atoms with Gasteiger partial charge in [0, 0.05) is 6.04 Å². The van der Waals surface area contributed by atoms with Gasteiger partial charge in [-0.1, -0.05) is 40.0 Å². The molecule has 2 aliphatic rings. The number of nitrogens with zero attached hydrogens (tertiary/aromatic N) is 1. The summed E-state index contributed by atoms with van der Waals surface area (Å²) in [4.78, 5) is 14.7. The highest BCUT2D eigenvalue weighted by Crippen LogP contribution is 2.33. The molecule has 0 aromatic rings. The summed E-state index contributed by atoms with van der Waals surface area (Å²) in [5, 5.41) is 3.49.